The van der Waals surface area contributed by atoms with Crippen LogP contribution in [0, 0.1) is 0 Å². The lowest BCUT2D eigenvalue weighted by molar-refractivity contribution is -0.354. The maximum Gasteiger partial charge on any atom is 0.429 e. The predicted molar refractivity (Wildman–Crippen MR) is 44.9 cm³/mol. The molecule has 0 saturated heterocycles. The summed E-state index contributed by atoms with van der Waals surface area (Å²) in [6.07, 6.45) is 0. The molecule has 0 radical (unpaired) electrons. The Kier molecular flexibility index (Phi) is 2.89. The number of hydrogen-bond acceptors (Lipinski definition) is 2. The maximum atomic E-state index is 5.06. The van der Waals surface area contributed by atoms with E-state index in [4.69, 9.17) is 4.74 Å². The first kappa shape index (κ1) is 9.29. The molecule has 0 spiro atoms. The topological polar surface area (TPSA) is 23.4 Å². The van der Waals surface area contributed by atoms with Crippen molar-refractivity contribution in [3.05, 3.63) is 24.3 Å². The summed E-state index contributed by atoms with van der Waals surface area (Å²) < 4.78 is 6.29. The summed E-state index contributed by atoms with van der Waals surface area (Å²) in [7, 11) is 1.67. The third-order valence-electron chi connectivity index (χ3n) is 1.51. The highest BCUT2D eigenvalue weighted by Gasteiger charge is 2.08. The van der Waals surface area contributed by atoms with Gasteiger partial charge in [0.1, 0.15) is 4.70 Å². The van der Waals surface area contributed by atoms with Crippen LogP contribution in [0.15, 0.2) is 24.3 Å². The highest BCUT2D eigenvalue weighted by Crippen LogP contribution is 2.22. The minimum absolute atomic E-state index is 0. The fraction of sp³-hybridized carbons (Fsp3) is 0.125. The standard InChI is InChI=1S/C8H7NOS.ClH/c1-10-8-9-6-4-2-3-5-7(6)11-8;/h2-5H,1H3;1H. The quantitative estimate of drug-likeness (QED) is 0.565. The first-order valence-electron chi connectivity index (χ1n) is 3.35. The van der Waals surface area contributed by atoms with Gasteiger partial charge in [-0.25, -0.2) is 0 Å². The number of thiazole rings is 1. The van der Waals surface area contributed by atoms with E-state index in [2.05, 4.69) is 11.1 Å². The summed E-state index contributed by atoms with van der Waals surface area (Å²) in [6.45, 7) is 0. The Hall–Kier alpha value is -0.800. The summed E-state index contributed by atoms with van der Waals surface area (Å²) in [4.78, 5) is 3.14. The van der Waals surface area contributed by atoms with E-state index in [-0.39, 0.29) is 12.4 Å². The van der Waals surface area contributed by atoms with Crippen LogP contribution in [0.5, 0.6) is 5.19 Å². The predicted octanol–water partition coefficient (Wildman–Crippen LogP) is -1.27. The van der Waals surface area contributed by atoms with Gasteiger partial charge < -0.3 is 17.1 Å². The molecule has 1 N–H and O–H groups in total. The molecule has 0 fully saturated rings. The van der Waals surface area contributed by atoms with Gasteiger partial charge in [0.25, 0.3) is 0 Å². The first-order chi connectivity index (χ1) is 5.40. The van der Waals surface area contributed by atoms with Crippen LogP contribution in [0.2, 0.25) is 0 Å². The van der Waals surface area contributed by atoms with Crippen LogP contribution in [-0.2, 0) is 0 Å². The van der Waals surface area contributed by atoms with Crippen molar-refractivity contribution in [3.8, 4) is 5.19 Å². The lowest BCUT2D eigenvalue weighted by Crippen LogP contribution is -3.00. The van der Waals surface area contributed by atoms with E-state index in [9.17, 15) is 0 Å². The molecular formula is C8H8ClNOS. The van der Waals surface area contributed by atoms with Crippen molar-refractivity contribution in [2.24, 2.45) is 0 Å². The van der Waals surface area contributed by atoms with Gasteiger partial charge in [0.2, 0.25) is 5.52 Å². The number of halogens is 1. The van der Waals surface area contributed by atoms with Gasteiger partial charge in [0.05, 0.1) is 7.11 Å². The molecule has 0 aliphatic carbocycles. The highest BCUT2D eigenvalue weighted by molar-refractivity contribution is 7.19. The van der Waals surface area contributed by atoms with E-state index < -0.39 is 0 Å². The molecule has 0 aliphatic heterocycles. The normalized spacial score (nSPS) is 9.42. The SMILES string of the molecule is COc1[nH+]c2ccccc2s1.[Cl-]. The zero-order valence-corrected chi connectivity index (χ0v) is 8.08. The molecule has 0 aliphatic rings. The molecule has 1 heterocycles. The number of para-hydroxylation sites is 1. The summed E-state index contributed by atoms with van der Waals surface area (Å²) in [5.74, 6) is 0. The zero-order chi connectivity index (χ0) is 7.68. The van der Waals surface area contributed by atoms with E-state index >= 15 is 0 Å². The van der Waals surface area contributed by atoms with Crippen molar-refractivity contribution in [1.82, 2.24) is 0 Å². The summed E-state index contributed by atoms with van der Waals surface area (Å²) in [6, 6.07) is 8.13. The second-order valence-electron chi connectivity index (χ2n) is 2.21. The summed E-state index contributed by atoms with van der Waals surface area (Å²) in [5, 5.41) is 0.853. The highest BCUT2D eigenvalue weighted by atomic mass is 35.5. The Morgan fingerprint density at radius 2 is 2.08 bits per heavy atom. The van der Waals surface area contributed by atoms with E-state index in [1.807, 2.05) is 18.2 Å². The molecule has 0 amide bonds. The van der Waals surface area contributed by atoms with Gasteiger partial charge in [-0.05, 0) is 17.4 Å². The third kappa shape index (κ3) is 1.52. The number of aromatic amines is 1. The Morgan fingerprint density at radius 3 is 2.75 bits per heavy atom. The largest absolute Gasteiger partial charge is 1.00 e. The number of aromatic nitrogens is 1. The van der Waals surface area contributed by atoms with Gasteiger partial charge in [-0.15, -0.1) is 0 Å². The molecule has 12 heavy (non-hydrogen) atoms. The maximum absolute atomic E-state index is 5.06. The Balaban J connectivity index is 0.000000720. The number of hydrogen-bond donors (Lipinski definition) is 0. The van der Waals surface area contributed by atoms with Crippen LogP contribution in [0.3, 0.4) is 0 Å². The van der Waals surface area contributed by atoms with E-state index in [0.29, 0.717) is 0 Å². The van der Waals surface area contributed by atoms with Gasteiger partial charge in [-0.3, -0.25) is 0 Å². The summed E-state index contributed by atoms with van der Waals surface area (Å²) in [5.41, 5.74) is 1.13. The molecular weight excluding hydrogens is 194 g/mol. The monoisotopic (exact) mass is 201 g/mol. The van der Waals surface area contributed by atoms with Gasteiger partial charge >= 0.3 is 5.19 Å². The average molecular weight is 202 g/mol. The van der Waals surface area contributed by atoms with Crippen LogP contribution >= 0.6 is 11.3 Å². The molecule has 2 rings (SSSR count). The van der Waals surface area contributed by atoms with Crippen LogP contribution < -0.4 is 22.1 Å². The van der Waals surface area contributed by atoms with E-state index in [0.717, 1.165) is 10.7 Å². The molecule has 0 atom stereocenters. The molecule has 1 aromatic carbocycles. The Bertz CT molecular complexity index is 341. The van der Waals surface area contributed by atoms with E-state index in [1.165, 1.54) is 4.70 Å². The lowest BCUT2D eigenvalue weighted by atomic mass is 10.3. The van der Waals surface area contributed by atoms with Crippen molar-refractivity contribution in [2.75, 3.05) is 7.11 Å². The Labute approximate surface area is 80.6 Å². The second kappa shape index (κ2) is 3.74. The number of H-pyrrole nitrogens is 1. The fourth-order valence-corrected chi connectivity index (χ4v) is 1.81. The average Bonchev–Trinajstić information content (AvgIpc) is 2.46. The minimum atomic E-state index is 0. The molecule has 2 nitrogen and oxygen atoms in total. The van der Waals surface area contributed by atoms with Crippen LogP contribution in [0.25, 0.3) is 10.2 Å². The molecule has 1 aromatic heterocycles. The smallest absolute Gasteiger partial charge is 0.429 e. The molecule has 2 aromatic rings. The van der Waals surface area contributed by atoms with Crippen molar-refractivity contribution < 1.29 is 22.1 Å². The zero-order valence-electron chi connectivity index (χ0n) is 6.50. The van der Waals surface area contributed by atoms with E-state index in [1.54, 1.807) is 18.4 Å². The molecule has 4 heteroatoms. The first-order valence-corrected chi connectivity index (χ1v) is 4.16. The van der Waals surface area contributed by atoms with Gasteiger partial charge in [-0.1, -0.05) is 12.1 Å². The summed E-state index contributed by atoms with van der Waals surface area (Å²) >= 11 is 1.62. The minimum Gasteiger partial charge on any atom is -1.00 e. The van der Waals surface area contributed by atoms with Crippen molar-refractivity contribution in [3.63, 3.8) is 0 Å². The van der Waals surface area contributed by atoms with Crippen LogP contribution in [0.4, 0.5) is 0 Å². The molecule has 64 valence electrons. The molecule has 0 unspecified atom stereocenters. The number of ether oxygens (including phenoxy) is 1. The molecule has 0 bridgehead atoms. The number of fused-ring (bicyclic) bond motifs is 1. The van der Waals surface area contributed by atoms with Gasteiger partial charge in [-0.2, -0.15) is 4.98 Å². The van der Waals surface area contributed by atoms with Crippen LogP contribution in [0.1, 0.15) is 0 Å². The lowest BCUT2D eigenvalue weighted by Gasteiger charge is -1.78. The number of benzene rings is 1. The second-order valence-corrected chi connectivity index (χ2v) is 3.23. The Morgan fingerprint density at radius 1 is 1.33 bits per heavy atom. The number of rotatable bonds is 1. The van der Waals surface area contributed by atoms with Gasteiger partial charge in [0, 0.05) is 6.07 Å². The number of methoxy groups -OCH3 is 1. The van der Waals surface area contributed by atoms with Crippen molar-refractivity contribution >= 4 is 21.6 Å². The fourth-order valence-electron chi connectivity index (χ4n) is 0.987. The molecule has 0 saturated carbocycles. The van der Waals surface area contributed by atoms with Crippen molar-refractivity contribution in [1.29, 1.82) is 0 Å². The third-order valence-corrected chi connectivity index (χ3v) is 2.54. The van der Waals surface area contributed by atoms with Crippen molar-refractivity contribution in [2.45, 2.75) is 0 Å². The van der Waals surface area contributed by atoms with Gasteiger partial charge in [0.15, 0.2) is 0 Å². The number of nitrogens with one attached hydrogen (secondary N) is 1. The van der Waals surface area contributed by atoms with Crippen LogP contribution in [-0.4, -0.2) is 7.11 Å².